The predicted molar refractivity (Wildman–Crippen MR) is 74.5 cm³/mol. The molecule has 0 bridgehead atoms. The normalized spacial score (nSPS) is 15.3. The average Bonchev–Trinajstić information content (AvgIpc) is 2.73. The summed E-state index contributed by atoms with van der Waals surface area (Å²) in [4.78, 5) is 0. The summed E-state index contributed by atoms with van der Waals surface area (Å²) in [6.07, 6.45) is 2.87. The van der Waals surface area contributed by atoms with Crippen molar-refractivity contribution >= 4 is 0 Å². The standard InChI is InChI=1S/C14H27N3O/c1-6-18-14(10(2)3)13(15)9-12-7-8-17(16-12)11(4)5/h7-8,10-11,13-14H,6,9,15H2,1-5H3. The zero-order valence-corrected chi connectivity index (χ0v) is 12.3. The van der Waals surface area contributed by atoms with E-state index in [9.17, 15) is 0 Å². The Labute approximate surface area is 111 Å². The summed E-state index contributed by atoms with van der Waals surface area (Å²) in [6.45, 7) is 11.2. The molecule has 4 heteroatoms. The molecule has 0 radical (unpaired) electrons. The molecule has 2 atom stereocenters. The molecule has 0 amide bonds. The number of ether oxygens (including phenoxy) is 1. The lowest BCUT2D eigenvalue weighted by Crippen LogP contribution is -2.42. The van der Waals surface area contributed by atoms with Crippen molar-refractivity contribution in [3.8, 4) is 0 Å². The van der Waals surface area contributed by atoms with Gasteiger partial charge < -0.3 is 10.5 Å². The van der Waals surface area contributed by atoms with Gasteiger partial charge in [0.2, 0.25) is 0 Å². The molecule has 18 heavy (non-hydrogen) atoms. The number of nitrogens with two attached hydrogens (primary N) is 1. The summed E-state index contributed by atoms with van der Waals surface area (Å²) in [6, 6.07) is 2.44. The zero-order valence-electron chi connectivity index (χ0n) is 12.3. The Morgan fingerprint density at radius 2 is 2.00 bits per heavy atom. The second-order valence-corrected chi connectivity index (χ2v) is 5.41. The molecule has 2 N–H and O–H groups in total. The topological polar surface area (TPSA) is 53.1 Å². The van der Waals surface area contributed by atoms with Gasteiger partial charge in [0.1, 0.15) is 0 Å². The van der Waals surface area contributed by atoms with E-state index >= 15 is 0 Å². The smallest absolute Gasteiger partial charge is 0.0752 e. The fourth-order valence-electron chi connectivity index (χ4n) is 2.13. The van der Waals surface area contributed by atoms with Gasteiger partial charge in [-0.15, -0.1) is 0 Å². The SMILES string of the molecule is CCOC(C(C)C)C(N)Cc1ccn(C(C)C)n1. The first-order valence-corrected chi connectivity index (χ1v) is 6.86. The number of hydrogen-bond acceptors (Lipinski definition) is 3. The van der Waals surface area contributed by atoms with Crippen LogP contribution in [0, 0.1) is 5.92 Å². The van der Waals surface area contributed by atoms with Gasteiger partial charge in [-0.25, -0.2) is 0 Å². The molecule has 104 valence electrons. The van der Waals surface area contributed by atoms with E-state index in [2.05, 4.69) is 32.8 Å². The van der Waals surface area contributed by atoms with Crippen LogP contribution in [-0.2, 0) is 11.2 Å². The van der Waals surface area contributed by atoms with Crippen molar-refractivity contribution in [3.63, 3.8) is 0 Å². The van der Waals surface area contributed by atoms with Crippen molar-refractivity contribution in [1.82, 2.24) is 9.78 Å². The lowest BCUT2D eigenvalue weighted by Gasteiger charge is -2.26. The molecule has 1 rings (SSSR count). The Bertz CT molecular complexity index is 347. The highest BCUT2D eigenvalue weighted by Gasteiger charge is 2.22. The van der Waals surface area contributed by atoms with Crippen molar-refractivity contribution < 1.29 is 4.74 Å². The molecule has 4 nitrogen and oxygen atoms in total. The maximum Gasteiger partial charge on any atom is 0.0752 e. The van der Waals surface area contributed by atoms with Crippen LogP contribution < -0.4 is 5.73 Å². The van der Waals surface area contributed by atoms with E-state index in [1.54, 1.807) is 0 Å². The highest BCUT2D eigenvalue weighted by Crippen LogP contribution is 2.14. The van der Waals surface area contributed by atoms with E-state index < -0.39 is 0 Å². The van der Waals surface area contributed by atoms with Crippen LogP contribution in [0.3, 0.4) is 0 Å². The third kappa shape index (κ3) is 4.10. The molecular formula is C14H27N3O. The van der Waals surface area contributed by atoms with Crippen molar-refractivity contribution in [2.45, 2.75) is 59.2 Å². The number of nitrogens with zero attached hydrogens (tertiary/aromatic N) is 2. The fraction of sp³-hybridized carbons (Fsp3) is 0.786. The summed E-state index contributed by atoms with van der Waals surface area (Å²) in [5.74, 6) is 0.423. The first kappa shape index (κ1) is 15.2. The van der Waals surface area contributed by atoms with Crippen molar-refractivity contribution in [2.75, 3.05) is 6.61 Å². The van der Waals surface area contributed by atoms with Crippen LogP contribution in [0.25, 0.3) is 0 Å². The van der Waals surface area contributed by atoms with E-state index in [4.69, 9.17) is 10.5 Å². The maximum absolute atomic E-state index is 6.25. The lowest BCUT2D eigenvalue weighted by molar-refractivity contribution is 0.0125. The van der Waals surface area contributed by atoms with Crippen LogP contribution in [0.5, 0.6) is 0 Å². The number of aromatic nitrogens is 2. The van der Waals surface area contributed by atoms with Crippen molar-refractivity contribution in [1.29, 1.82) is 0 Å². The molecule has 0 spiro atoms. The number of hydrogen-bond donors (Lipinski definition) is 1. The van der Waals surface area contributed by atoms with Gasteiger partial charge in [0.15, 0.2) is 0 Å². The molecular weight excluding hydrogens is 226 g/mol. The molecule has 0 aromatic carbocycles. The predicted octanol–water partition coefficient (Wildman–Crippen LogP) is 2.39. The second-order valence-electron chi connectivity index (χ2n) is 5.41. The molecule has 0 aliphatic heterocycles. The van der Waals surface area contributed by atoms with Crippen LogP contribution in [0.2, 0.25) is 0 Å². The van der Waals surface area contributed by atoms with Crippen molar-refractivity contribution in [2.24, 2.45) is 11.7 Å². The largest absolute Gasteiger partial charge is 0.377 e. The van der Waals surface area contributed by atoms with Crippen LogP contribution >= 0.6 is 0 Å². The van der Waals surface area contributed by atoms with Gasteiger partial charge in [-0.3, -0.25) is 4.68 Å². The molecule has 2 unspecified atom stereocenters. The average molecular weight is 253 g/mol. The van der Waals surface area contributed by atoms with Gasteiger partial charge in [0, 0.05) is 31.3 Å². The summed E-state index contributed by atoms with van der Waals surface area (Å²) >= 11 is 0. The molecule has 1 aromatic heterocycles. The van der Waals surface area contributed by atoms with E-state index in [0.717, 1.165) is 12.1 Å². The second kappa shape index (κ2) is 6.90. The molecule has 1 heterocycles. The lowest BCUT2D eigenvalue weighted by atomic mass is 9.96. The quantitative estimate of drug-likeness (QED) is 0.812. The van der Waals surface area contributed by atoms with Gasteiger partial charge in [0.25, 0.3) is 0 Å². The summed E-state index contributed by atoms with van der Waals surface area (Å²) in [5.41, 5.74) is 7.29. The van der Waals surface area contributed by atoms with Gasteiger partial charge in [0.05, 0.1) is 11.8 Å². The summed E-state index contributed by atoms with van der Waals surface area (Å²) < 4.78 is 7.70. The van der Waals surface area contributed by atoms with Crippen LogP contribution in [0.1, 0.15) is 46.4 Å². The Kier molecular flexibility index (Phi) is 5.82. The van der Waals surface area contributed by atoms with Gasteiger partial charge in [-0.2, -0.15) is 5.10 Å². The minimum Gasteiger partial charge on any atom is -0.377 e. The fourth-order valence-corrected chi connectivity index (χ4v) is 2.13. The molecule has 0 aliphatic rings. The maximum atomic E-state index is 6.25. The molecule has 0 saturated carbocycles. The van der Waals surface area contributed by atoms with E-state index in [1.807, 2.05) is 23.9 Å². The Hall–Kier alpha value is -0.870. The minimum absolute atomic E-state index is 0.000428. The van der Waals surface area contributed by atoms with Crippen LogP contribution in [-0.4, -0.2) is 28.5 Å². The van der Waals surface area contributed by atoms with Gasteiger partial charge in [-0.1, -0.05) is 13.8 Å². The molecule has 0 aliphatic carbocycles. The minimum atomic E-state index is 0.000428. The summed E-state index contributed by atoms with van der Waals surface area (Å²) in [7, 11) is 0. The Morgan fingerprint density at radius 1 is 1.33 bits per heavy atom. The third-order valence-corrected chi connectivity index (χ3v) is 3.08. The molecule has 0 saturated heterocycles. The number of rotatable bonds is 7. The van der Waals surface area contributed by atoms with Crippen LogP contribution in [0.15, 0.2) is 12.3 Å². The zero-order chi connectivity index (χ0) is 13.7. The summed E-state index contributed by atoms with van der Waals surface area (Å²) in [5, 5.41) is 4.53. The highest BCUT2D eigenvalue weighted by molar-refractivity contribution is 5.03. The molecule has 0 fully saturated rings. The Balaban J connectivity index is 2.63. The Morgan fingerprint density at radius 3 is 2.44 bits per heavy atom. The molecule has 1 aromatic rings. The highest BCUT2D eigenvalue weighted by atomic mass is 16.5. The van der Waals surface area contributed by atoms with Crippen LogP contribution in [0.4, 0.5) is 0 Å². The first-order chi connectivity index (χ1) is 8.45. The van der Waals surface area contributed by atoms with E-state index in [1.165, 1.54) is 0 Å². The first-order valence-electron chi connectivity index (χ1n) is 6.86. The van der Waals surface area contributed by atoms with E-state index in [0.29, 0.717) is 18.6 Å². The van der Waals surface area contributed by atoms with Gasteiger partial charge >= 0.3 is 0 Å². The monoisotopic (exact) mass is 253 g/mol. The third-order valence-electron chi connectivity index (χ3n) is 3.08. The van der Waals surface area contributed by atoms with E-state index in [-0.39, 0.29) is 12.1 Å². The van der Waals surface area contributed by atoms with Gasteiger partial charge in [-0.05, 0) is 32.8 Å². The van der Waals surface area contributed by atoms with Crippen molar-refractivity contribution in [3.05, 3.63) is 18.0 Å².